The molecule has 0 fully saturated rings. The lowest BCUT2D eigenvalue weighted by molar-refractivity contribution is 0.591. The van der Waals surface area contributed by atoms with Crippen LogP contribution >= 0.6 is 0 Å². The first kappa shape index (κ1) is 33.1. The number of rotatable bonds is 5. The van der Waals surface area contributed by atoms with Gasteiger partial charge < -0.3 is 4.98 Å². The Bertz CT molecular complexity index is 3310. The molecule has 0 aliphatic carbocycles. The van der Waals surface area contributed by atoms with E-state index in [1.54, 1.807) is 0 Å². The normalized spacial score (nSPS) is 12.1. The van der Waals surface area contributed by atoms with E-state index in [-0.39, 0.29) is 5.41 Å². The molecule has 0 spiro atoms. The monoisotopic (exact) mass is 734 g/mol. The van der Waals surface area contributed by atoms with Crippen LogP contribution in [0, 0.1) is 0 Å². The molecule has 0 radical (unpaired) electrons. The highest BCUT2D eigenvalue weighted by Crippen LogP contribution is 2.41. The van der Waals surface area contributed by atoms with Crippen molar-refractivity contribution in [3.05, 3.63) is 176 Å². The lowest BCUT2D eigenvalue weighted by Gasteiger charge is -2.19. The number of para-hydroxylation sites is 3. The average molecular weight is 735 g/mol. The fourth-order valence-electron chi connectivity index (χ4n) is 8.57. The summed E-state index contributed by atoms with van der Waals surface area (Å²) in [5.41, 5.74) is 14.2. The molecule has 0 saturated carbocycles. The van der Waals surface area contributed by atoms with Gasteiger partial charge in [-0.05, 0) is 100 Å². The Kier molecular flexibility index (Phi) is 7.32. The Morgan fingerprint density at radius 2 is 1.26 bits per heavy atom. The van der Waals surface area contributed by atoms with Gasteiger partial charge in [0.2, 0.25) is 0 Å². The van der Waals surface area contributed by atoms with E-state index in [2.05, 4.69) is 173 Å². The van der Waals surface area contributed by atoms with Crippen LogP contribution in [0.3, 0.4) is 0 Å². The van der Waals surface area contributed by atoms with Crippen LogP contribution in [0.4, 0.5) is 0 Å². The predicted molar refractivity (Wildman–Crippen MR) is 235 cm³/mol. The van der Waals surface area contributed by atoms with Crippen LogP contribution < -0.4 is 0 Å². The van der Waals surface area contributed by atoms with Crippen molar-refractivity contribution in [3.8, 4) is 45.1 Å². The summed E-state index contributed by atoms with van der Waals surface area (Å²) < 4.78 is 4.61. The van der Waals surface area contributed by atoms with E-state index in [1.165, 1.54) is 27.1 Å². The van der Waals surface area contributed by atoms with Gasteiger partial charge in [0.05, 0.1) is 27.6 Å². The first-order valence-electron chi connectivity index (χ1n) is 19.4. The van der Waals surface area contributed by atoms with Crippen molar-refractivity contribution in [1.29, 1.82) is 0 Å². The largest absolute Gasteiger partial charge is 0.354 e. The summed E-state index contributed by atoms with van der Waals surface area (Å²) in [7, 11) is 0. The van der Waals surface area contributed by atoms with Gasteiger partial charge in [-0.1, -0.05) is 99.6 Å². The molecule has 5 heterocycles. The summed E-state index contributed by atoms with van der Waals surface area (Å²) in [6.07, 6.45) is 5.54. The minimum Gasteiger partial charge on any atom is -0.354 e. The second-order valence-corrected chi connectivity index (χ2v) is 15.9. The van der Waals surface area contributed by atoms with Gasteiger partial charge in [-0.3, -0.25) is 14.1 Å². The number of aromatic nitrogens is 6. The second kappa shape index (κ2) is 12.6. The van der Waals surface area contributed by atoms with Crippen LogP contribution in [-0.4, -0.2) is 29.1 Å². The molecule has 6 aromatic carbocycles. The topological polar surface area (TPSA) is 64.3 Å². The van der Waals surface area contributed by atoms with Gasteiger partial charge in [-0.15, -0.1) is 0 Å². The fraction of sp³-hybridized carbons (Fsp3) is 0.0784. The summed E-state index contributed by atoms with van der Waals surface area (Å²) >= 11 is 0. The number of hydrogen-bond donors (Lipinski definition) is 1. The van der Waals surface area contributed by atoms with Crippen LogP contribution in [0.15, 0.2) is 170 Å². The molecule has 0 atom stereocenters. The van der Waals surface area contributed by atoms with E-state index in [0.717, 1.165) is 78.2 Å². The van der Waals surface area contributed by atoms with E-state index in [4.69, 9.17) is 9.97 Å². The van der Waals surface area contributed by atoms with Crippen LogP contribution in [0.25, 0.3) is 99.8 Å². The molecule has 5 aromatic heterocycles. The van der Waals surface area contributed by atoms with Crippen LogP contribution in [-0.2, 0) is 5.41 Å². The molecule has 1 N–H and O–H groups in total. The van der Waals surface area contributed by atoms with Gasteiger partial charge in [0, 0.05) is 62.5 Å². The highest BCUT2D eigenvalue weighted by molar-refractivity contribution is 6.13. The highest BCUT2D eigenvalue weighted by Gasteiger charge is 2.23. The van der Waals surface area contributed by atoms with Crippen molar-refractivity contribution < 1.29 is 0 Å². The number of nitrogens with zero attached hydrogens (tertiary/aromatic N) is 5. The Labute approximate surface area is 329 Å². The first-order chi connectivity index (χ1) is 27.9. The van der Waals surface area contributed by atoms with Crippen molar-refractivity contribution in [1.82, 2.24) is 29.1 Å². The molecule has 0 unspecified atom stereocenters. The third-order valence-corrected chi connectivity index (χ3v) is 11.4. The third kappa shape index (κ3) is 5.29. The third-order valence-electron chi connectivity index (χ3n) is 11.4. The fourth-order valence-corrected chi connectivity index (χ4v) is 8.57. The van der Waals surface area contributed by atoms with E-state index in [0.29, 0.717) is 0 Å². The van der Waals surface area contributed by atoms with Crippen molar-refractivity contribution in [3.63, 3.8) is 0 Å². The maximum absolute atomic E-state index is 5.59. The smallest absolute Gasteiger partial charge is 0.147 e. The first-order valence-corrected chi connectivity index (χ1v) is 19.4. The summed E-state index contributed by atoms with van der Waals surface area (Å²) in [5, 5.41) is 4.80. The molecule has 11 rings (SSSR count). The zero-order valence-electron chi connectivity index (χ0n) is 31.9. The SMILES string of the molecule is CC(C)(C)c1ccc2c(c1)c1ccc(-c3cccc4c3nc(-c3cccc5c3[nH]c3ccccc35)n4-c3ccc(-c4ccncc4)cc3)cc1n2-c1ccccn1. The predicted octanol–water partition coefficient (Wildman–Crippen LogP) is 12.8. The maximum atomic E-state index is 5.59. The van der Waals surface area contributed by atoms with Gasteiger partial charge in [0.25, 0.3) is 0 Å². The second-order valence-electron chi connectivity index (χ2n) is 15.9. The number of pyridine rings is 2. The Morgan fingerprint density at radius 1 is 0.509 bits per heavy atom. The minimum atomic E-state index is 0.0241. The number of benzene rings is 6. The molecule has 0 saturated heterocycles. The van der Waals surface area contributed by atoms with Gasteiger partial charge >= 0.3 is 0 Å². The zero-order chi connectivity index (χ0) is 38.3. The molecule has 0 amide bonds. The molecule has 11 aromatic rings. The standard InChI is InChI=1S/C51H38N6/c1-51(2,3)35-20-24-44-42(31-35)39-23-19-34(30-46(39)57(44)47-16-6-7-27-53-47)37-11-9-15-45-49(37)55-50(41-13-8-12-40-38-10-4-5-14-43(38)54-48(40)41)56(45)36-21-17-32(18-22-36)33-25-28-52-29-26-33/h4-31,54H,1-3H3. The number of hydrogen-bond acceptors (Lipinski definition) is 3. The maximum Gasteiger partial charge on any atom is 0.147 e. The lowest BCUT2D eigenvalue weighted by atomic mass is 9.86. The molecule has 57 heavy (non-hydrogen) atoms. The summed E-state index contributed by atoms with van der Waals surface area (Å²) in [6.45, 7) is 6.81. The van der Waals surface area contributed by atoms with Crippen molar-refractivity contribution in [2.75, 3.05) is 0 Å². The van der Waals surface area contributed by atoms with Crippen LogP contribution in [0.1, 0.15) is 26.3 Å². The minimum absolute atomic E-state index is 0.0241. The molecular formula is C51H38N6. The van der Waals surface area contributed by atoms with Gasteiger partial charge in [-0.2, -0.15) is 0 Å². The number of nitrogens with one attached hydrogen (secondary N) is 1. The average Bonchev–Trinajstić information content (AvgIpc) is 3.93. The lowest BCUT2D eigenvalue weighted by Crippen LogP contribution is -2.10. The molecule has 272 valence electrons. The van der Waals surface area contributed by atoms with Gasteiger partial charge in [-0.25, -0.2) is 9.97 Å². The Balaban J connectivity index is 1.16. The van der Waals surface area contributed by atoms with E-state index in [1.807, 2.05) is 36.8 Å². The van der Waals surface area contributed by atoms with Crippen molar-refractivity contribution in [2.45, 2.75) is 26.2 Å². The molecule has 6 heteroatoms. The Hall–Kier alpha value is -7.31. The van der Waals surface area contributed by atoms with Gasteiger partial charge in [0.1, 0.15) is 11.6 Å². The van der Waals surface area contributed by atoms with Crippen LogP contribution in [0.2, 0.25) is 0 Å². The molecule has 0 aliphatic heterocycles. The van der Waals surface area contributed by atoms with E-state index in [9.17, 15) is 0 Å². The highest BCUT2D eigenvalue weighted by atomic mass is 15.1. The quantitative estimate of drug-likeness (QED) is 0.191. The van der Waals surface area contributed by atoms with Gasteiger partial charge in [0.15, 0.2) is 0 Å². The molecule has 0 bridgehead atoms. The summed E-state index contributed by atoms with van der Waals surface area (Å²) in [4.78, 5) is 18.4. The number of aromatic amines is 1. The van der Waals surface area contributed by atoms with Crippen molar-refractivity contribution >= 4 is 54.6 Å². The van der Waals surface area contributed by atoms with Crippen molar-refractivity contribution in [2.24, 2.45) is 0 Å². The molecule has 0 aliphatic rings. The number of imidazole rings is 1. The number of fused-ring (bicyclic) bond motifs is 7. The number of H-pyrrole nitrogens is 1. The Morgan fingerprint density at radius 3 is 2.09 bits per heavy atom. The van der Waals surface area contributed by atoms with E-state index >= 15 is 0 Å². The summed E-state index contributed by atoms with van der Waals surface area (Å²) in [6, 6.07) is 54.2. The van der Waals surface area contributed by atoms with E-state index < -0.39 is 0 Å². The summed E-state index contributed by atoms with van der Waals surface area (Å²) in [5.74, 6) is 1.77. The molecular weight excluding hydrogens is 697 g/mol. The zero-order valence-corrected chi connectivity index (χ0v) is 31.9. The molecule has 6 nitrogen and oxygen atoms in total. The van der Waals surface area contributed by atoms with Crippen LogP contribution in [0.5, 0.6) is 0 Å².